The molecule has 0 aromatic heterocycles. The van der Waals surface area contributed by atoms with Crippen molar-refractivity contribution in [3.05, 3.63) is 0 Å². The number of hydrogen-bond acceptors (Lipinski definition) is 1. The third-order valence-electron chi connectivity index (χ3n) is 3.97. The van der Waals surface area contributed by atoms with E-state index in [4.69, 9.17) is 0 Å². The van der Waals surface area contributed by atoms with Gasteiger partial charge in [0.05, 0.1) is 0 Å². The highest BCUT2D eigenvalue weighted by Gasteiger charge is 2.21. The summed E-state index contributed by atoms with van der Waals surface area (Å²) in [5.74, 6) is 0. The van der Waals surface area contributed by atoms with Gasteiger partial charge >= 0.3 is 0 Å². The van der Waals surface area contributed by atoms with Crippen molar-refractivity contribution in [3.8, 4) is 0 Å². The summed E-state index contributed by atoms with van der Waals surface area (Å²) in [5.41, 5.74) is 0.536. The summed E-state index contributed by atoms with van der Waals surface area (Å²) >= 11 is 0. The highest BCUT2D eigenvalue weighted by Crippen LogP contribution is 2.29. The molecule has 110 valence electrons. The number of nitrogens with one attached hydrogen (secondary N) is 1. The van der Waals surface area contributed by atoms with Crippen molar-refractivity contribution in [2.75, 3.05) is 13.1 Å². The largest absolute Gasteiger partial charge is 0.316 e. The van der Waals surface area contributed by atoms with Gasteiger partial charge in [-0.2, -0.15) is 0 Å². The summed E-state index contributed by atoms with van der Waals surface area (Å²) in [6, 6.07) is 0. The van der Waals surface area contributed by atoms with Crippen molar-refractivity contribution in [2.24, 2.45) is 5.41 Å². The van der Waals surface area contributed by atoms with E-state index in [0.717, 1.165) is 0 Å². The first-order valence-electron chi connectivity index (χ1n) is 8.39. The molecule has 0 bridgehead atoms. The lowest BCUT2D eigenvalue weighted by atomic mass is 9.80. The van der Waals surface area contributed by atoms with E-state index in [-0.39, 0.29) is 0 Å². The van der Waals surface area contributed by atoms with Crippen LogP contribution >= 0.6 is 0 Å². The minimum absolute atomic E-state index is 0.536. The second kappa shape index (κ2) is 12.0. The van der Waals surface area contributed by atoms with Gasteiger partial charge in [0.15, 0.2) is 0 Å². The fourth-order valence-corrected chi connectivity index (χ4v) is 2.80. The van der Waals surface area contributed by atoms with Gasteiger partial charge in [-0.15, -0.1) is 0 Å². The molecule has 0 fully saturated rings. The predicted molar refractivity (Wildman–Crippen MR) is 84.2 cm³/mol. The molecule has 18 heavy (non-hydrogen) atoms. The predicted octanol–water partition coefficient (Wildman–Crippen LogP) is 5.54. The molecule has 0 aromatic rings. The van der Waals surface area contributed by atoms with Gasteiger partial charge in [0.1, 0.15) is 0 Å². The number of unbranched alkanes of at least 4 members (excludes halogenated alkanes) is 5. The summed E-state index contributed by atoms with van der Waals surface area (Å²) in [4.78, 5) is 0. The average Bonchev–Trinajstić information content (AvgIpc) is 2.34. The Morgan fingerprint density at radius 2 is 1.39 bits per heavy atom. The smallest absolute Gasteiger partial charge is 0.000516 e. The van der Waals surface area contributed by atoms with E-state index in [1.807, 2.05) is 0 Å². The fourth-order valence-electron chi connectivity index (χ4n) is 2.80. The average molecular weight is 255 g/mol. The van der Waals surface area contributed by atoms with Crippen LogP contribution in [-0.4, -0.2) is 13.1 Å². The van der Waals surface area contributed by atoms with E-state index in [9.17, 15) is 0 Å². The van der Waals surface area contributed by atoms with Crippen LogP contribution in [0.2, 0.25) is 0 Å². The molecule has 0 aliphatic carbocycles. The zero-order valence-electron chi connectivity index (χ0n) is 13.5. The summed E-state index contributed by atoms with van der Waals surface area (Å²) in [7, 11) is 0. The van der Waals surface area contributed by atoms with Gasteiger partial charge < -0.3 is 5.32 Å². The summed E-state index contributed by atoms with van der Waals surface area (Å²) < 4.78 is 0. The highest BCUT2D eigenvalue weighted by atomic mass is 14.9. The first-order chi connectivity index (χ1) is 8.68. The molecule has 1 N–H and O–H groups in total. The van der Waals surface area contributed by atoms with E-state index in [0.29, 0.717) is 5.41 Å². The maximum absolute atomic E-state index is 3.62. The zero-order valence-corrected chi connectivity index (χ0v) is 13.5. The van der Waals surface area contributed by atoms with Crippen molar-refractivity contribution >= 4 is 0 Å². The molecule has 0 saturated heterocycles. The Hall–Kier alpha value is -0.0400. The fraction of sp³-hybridized carbons (Fsp3) is 1.00. The van der Waals surface area contributed by atoms with Crippen LogP contribution in [0, 0.1) is 5.41 Å². The molecule has 1 atom stereocenters. The third-order valence-corrected chi connectivity index (χ3v) is 3.97. The van der Waals surface area contributed by atoms with Crippen LogP contribution in [0.15, 0.2) is 0 Å². The van der Waals surface area contributed by atoms with Crippen LogP contribution in [0.25, 0.3) is 0 Å². The molecule has 0 aromatic carbocycles. The summed E-state index contributed by atoms with van der Waals surface area (Å²) in [5, 5.41) is 3.62. The lowest BCUT2D eigenvalue weighted by molar-refractivity contribution is 0.246. The highest BCUT2D eigenvalue weighted by molar-refractivity contribution is 4.76. The molecule has 0 heterocycles. The minimum Gasteiger partial charge on any atom is -0.316 e. The Balaban J connectivity index is 3.72. The molecule has 0 aliphatic rings. The SMILES string of the molecule is CCCCCCCCC(C)(CCC)CNCCC. The number of rotatable bonds is 13. The van der Waals surface area contributed by atoms with Gasteiger partial charge in [-0.05, 0) is 31.2 Å². The second-order valence-corrected chi connectivity index (χ2v) is 6.26. The molecule has 0 aliphatic heterocycles. The normalized spacial score (nSPS) is 14.7. The Bertz CT molecular complexity index is 167. The monoisotopic (exact) mass is 255 g/mol. The second-order valence-electron chi connectivity index (χ2n) is 6.26. The Morgan fingerprint density at radius 1 is 0.722 bits per heavy atom. The zero-order chi connectivity index (χ0) is 13.7. The van der Waals surface area contributed by atoms with Crippen molar-refractivity contribution in [1.82, 2.24) is 5.32 Å². The molecule has 0 radical (unpaired) electrons. The quantitative estimate of drug-likeness (QED) is 0.426. The van der Waals surface area contributed by atoms with Crippen molar-refractivity contribution in [3.63, 3.8) is 0 Å². The Labute approximate surface area is 116 Å². The summed E-state index contributed by atoms with van der Waals surface area (Å²) in [6.45, 7) is 11.7. The molecule has 1 nitrogen and oxygen atoms in total. The van der Waals surface area contributed by atoms with Gasteiger partial charge in [-0.25, -0.2) is 0 Å². The van der Waals surface area contributed by atoms with Gasteiger partial charge in [0.25, 0.3) is 0 Å². The van der Waals surface area contributed by atoms with Gasteiger partial charge in [0.2, 0.25) is 0 Å². The molecule has 0 saturated carbocycles. The first kappa shape index (κ1) is 18.0. The molecule has 0 spiro atoms. The Morgan fingerprint density at radius 3 is 2.00 bits per heavy atom. The lowest BCUT2D eigenvalue weighted by Gasteiger charge is -2.30. The van der Waals surface area contributed by atoms with Crippen LogP contribution < -0.4 is 5.32 Å². The van der Waals surface area contributed by atoms with Crippen LogP contribution in [0.1, 0.15) is 91.9 Å². The third kappa shape index (κ3) is 9.94. The maximum Gasteiger partial charge on any atom is 0.000516 e. The van der Waals surface area contributed by atoms with Crippen LogP contribution in [0.4, 0.5) is 0 Å². The van der Waals surface area contributed by atoms with Crippen molar-refractivity contribution in [1.29, 1.82) is 0 Å². The van der Waals surface area contributed by atoms with Crippen LogP contribution in [0.5, 0.6) is 0 Å². The van der Waals surface area contributed by atoms with E-state index in [1.165, 1.54) is 77.3 Å². The minimum atomic E-state index is 0.536. The first-order valence-corrected chi connectivity index (χ1v) is 8.39. The Kier molecular flexibility index (Phi) is 12.0. The summed E-state index contributed by atoms with van der Waals surface area (Å²) in [6.07, 6.45) is 13.9. The van der Waals surface area contributed by atoms with Crippen LogP contribution in [0.3, 0.4) is 0 Å². The van der Waals surface area contributed by atoms with Crippen LogP contribution in [-0.2, 0) is 0 Å². The molecule has 1 heteroatoms. The molecule has 0 amide bonds. The molecule has 0 rings (SSSR count). The van der Waals surface area contributed by atoms with Gasteiger partial charge in [-0.1, -0.05) is 72.6 Å². The van der Waals surface area contributed by atoms with E-state index >= 15 is 0 Å². The lowest BCUT2D eigenvalue weighted by Crippen LogP contribution is -2.32. The topological polar surface area (TPSA) is 12.0 Å². The molecular formula is C17H37N. The standard InChI is InChI=1S/C17H37N/c1-5-8-9-10-11-12-14-17(4,13-6-2)16-18-15-7-3/h18H,5-16H2,1-4H3. The van der Waals surface area contributed by atoms with Gasteiger partial charge in [0, 0.05) is 6.54 Å². The molecule has 1 unspecified atom stereocenters. The van der Waals surface area contributed by atoms with Crippen molar-refractivity contribution < 1.29 is 0 Å². The van der Waals surface area contributed by atoms with E-state index in [2.05, 4.69) is 33.0 Å². The maximum atomic E-state index is 3.62. The molecular weight excluding hydrogens is 218 g/mol. The van der Waals surface area contributed by atoms with Crippen molar-refractivity contribution in [2.45, 2.75) is 91.9 Å². The van der Waals surface area contributed by atoms with Gasteiger partial charge in [-0.3, -0.25) is 0 Å². The van der Waals surface area contributed by atoms with E-state index in [1.54, 1.807) is 0 Å². The number of hydrogen-bond donors (Lipinski definition) is 1. The van der Waals surface area contributed by atoms with E-state index < -0.39 is 0 Å².